The van der Waals surface area contributed by atoms with Gasteiger partial charge in [-0.25, -0.2) is 9.97 Å². The fraction of sp³-hybridized carbons (Fsp3) is 0.115. The molecule has 0 bridgehead atoms. The van der Waals surface area contributed by atoms with Gasteiger partial charge in [0.05, 0.1) is 34.3 Å². The molecule has 0 spiro atoms. The zero-order chi connectivity index (χ0) is 24.6. The van der Waals surface area contributed by atoms with E-state index in [1.165, 1.54) is 0 Å². The number of nitrogens with one attached hydrogen (secondary N) is 3. The molecule has 176 valence electrons. The van der Waals surface area contributed by atoms with Gasteiger partial charge in [-0.05, 0) is 36.4 Å². The first-order valence-corrected chi connectivity index (χ1v) is 11.4. The summed E-state index contributed by atoms with van der Waals surface area (Å²) >= 11 is 0. The van der Waals surface area contributed by atoms with Crippen LogP contribution in [0, 0.1) is 5.92 Å². The first-order chi connectivity index (χ1) is 17.6. The van der Waals surface area contributed by atoms with Gasteiger partial charge in [-0.2, -0.15) is 5.10 Å². The molecule has 0 saturated carbocycles. The van der Waals surface area contributed by atoms with Crippen LogP contribution in [0.5, 0.6) is 0 Å². The van der Waals surface area contributed by atoms with E-state index in [4.69, 9.17) is 9.97 Å². The van der Waals surface area contributed by atoms with E-state index in [2.05, 4.69) is 35.5 Å². The molecule has 0 aliphatic carbocycles. The van der Waals surface area contributed by atoms with Crippen LogP contribution in [0.3, 0.4) is 0 Å². The van der Waals surface area contributed by atoms with Crippen LogP contribution in [0.2, 0.25) is 0 Å². The number of imidazole rings is 1. The van der Waals surface area contributed by atoms with Crippen LogP contribution < -0.4 is 5.32 Å². The number of aromatic nitrogens is 8. The molecule has 0 aromatic carbocycles. The third-order valence-corrected chi connectivity index (χ3v) is 5.81. The van der Waals surface area contributed by atoms with Crippen LogP contribution in [0.4, 0.5) is 5.69 Å². The molecule has 6 aromatic rings. The summed E-state index contributed by atoms with van der Waals surface area (Å²) < 4.78 is 0. The van der Waals surface area contributed by atoms with Crippen LogP contribution in [0.25, 0.3) is 56.1 Å². The number of amides is 1. The summed E-state index contributed by atoms with van der Waals surface area (Å²) in [5.74, 6) is 0.384. The predicted octanol–water partition coefficient (Wildman–Crippen LogP) is 4.61. The molecule has 6 aromatic heterocycles. The Morgan fingerprint density at radius 1 is 0.861 bits per heavy atom. The first-order valence-electron chi connectivity index (χ1n) is 11.4. The number of anilines is 1. The second kappa shape index (κ2) is 8.66. The maximum absolute atomic E-state index is 12.1. The molecule has 0 atom stereocenters. The second-order valence-electron chi connectivity index (χ2n) is 8.65. The highest BCUT2D eigenvalue weighted by Crippen LogP contribution is 2.30. The highest BCUT2D eigenvalue weighted by Gasteiger charge is 2.17. The molecule has 6 heterocycles. The smallest absolute Gasteiger partial charge is 0.226 e. The normalized spacial score (nSPS) is 11.4. The summed E-state index contributed by atoms with van der Waals surface area (Å²) in [6.07, 6.45) is 8.54. The number of carbonyl (C=O) groups excluding carboxylic acids is 1. The zero-order valence-corrected chi connectivity index (χ0v) is 19.5. The Balaban J connectivity index is 1.41. The molecule has 0 fully saturated rings. The standard InChI is InChI=1S/C26H21N9O/c1-14(2)26(36)30-17-11-16(12-28-13-17)18-3-4-20-23(31-18)24(35-34-20)25-32-19-7-10-29-21(22(19)33-25)15-5-8-27-9-6-15/h3-14H,1-2H3,(H,30,36)(H,32,33)(H,34,35). The van der Waals surface area contributed by atoms with Crippen LogP contribution in [-0.2, 0) is 4.79 Å². The number of hydrogen-bond acceptors (Lipinski definition) is 7. The van der Waals surface area contributed by atoms with Crippen LogP contribution in [-0.4, -0.2) is 46.0 Å². The van der Waals surface area contributed by atoms with Crippen molar-refractivity contribution in [1.82, 2.24) is 40.1 Å². The number of fused-ring (bicyclic) bond motifs is 2. The molecule has 10 nitrogen and oxygen atoms in total. The summed E-state index contributed by atoms with van der Waals surface area (Å²) in [5, 5.41) is 10.4. The van der Waals surface area contributed by atoms with Crippen molar-refractivity contribution in [2.24, 2.45) is 5.92 Å². The topological polar surface area (TPSA) is 138 Å². The monoisotopic (exact) mass is 475 g/mol. The summed E-state index contributed by atoms with van der Waals surface area (Å²) in [6, 6.07) is 11.3. The number of rotatable bonds is 5. The van der Waals surface area contributed by atoms with Crippen molar-refractivity contribution in [2.45, 2.75) is 13.8 Å². The summed E-state index contributed by atoms with van der Waals surface area (Å²) in [6.45, 7) is 3.69. The molecule has 0 saturated heterocycles. The Morgan fingerprint density at radius 3 is 2.53 bits per heavy atom. The SMILES string of the molecule is CC(C)C(=O)Nc1cncc(-c2ccc3[nH]nc(-c4nc5c(-c6ccncc6)nccc5[nH]4)c3n2)c1. The van der Waals surface area contributed by atoms with Crippen LogP contribution in [0.1, 0.15) is 13.8 Å². The lowest BCUT2D eigenvalue weighted by Gasteiger charge is -2.08. The van der Waals surface area contributed by atoms with Crippen molar-refractivity contribution in [3.63, 3.8) is 0 Å². The molecule has 3 N–H and O–H groups in total. The van der Waals surface area contributed by atoms with Crippen molar-refractivity contribution < 1.29 is 4.79 Å². The fourth-order valence-electron chi connectivity index (χ4n) is 3.93. The second-order valence-corrected chi connectivity index (χ2v) is 8.65. The van der Waals surface area contributed by atoms with Gasteiger partial charge in [0.2, 0.25) is 5.91 Å². The van der Waals surface area contributed by atoms with Gasteiger partial charge in [-0.1, -0.05) is 13.8 Å². The van der Waals surface area contributed by atoms with Crippen molar-refractivity contribution in [3.05, 3.63) is 67.4 Å². The lowest BCUT2D eigenvalue weighted by Crippen LogP contribution is -2.17. The number of hydrogen-bond donors (Lipinski definition) is 3. The van der Waals surface area contributed by atoms with E-state index in [1.54, 1.807) is 31.0 Å². The molecule has 1 amide bonds. The van der Waals surface area contributed by atoms with Gasteiger partial charge in [-0.3, -0.25) is 24.8 Å². The lowest BCUT2D eigenvalue weighted by molar-refractivity contribution is -0.118. The van der Waals surface area contributed by atoms with Crippen molar-refractivity contribution in [3.8, 4) is 34.0 Å². The Kier molecular flexibility index (Phi) is 5.18. The number of aromatic amines is 2. The minimum Gasteiger partial charge on any atom is -0.336 e. The predicted molar refractivity (Wildman–Crippen MR) is 137 cm³/mol. The molecule has 0 radical (unpaired) electrons. The van der Waals surface area contributed by atoms with Crippen LogP contribution >= 0.6 is 0 Å². The third-order valence-electron chi connectivity index (χ3n) is 5.81. The van der Waals surface area contributed by atoms with Gasteiger partial charge in [0.25, 0.3) is 0 Å². The Labute approximate surface area is 205 Å². The van der Waals surface area contributed by atoms with E-state index in [-0.39, 0.29) is 11.8 Å². The fourth-order valence-corrected chi connectivity index (χ4v) is 3.93. The van der Waals surface area contributed by atoms with E-state index in [1.807, 2.05) is 50.2 Å². The van der Waals surface area contributed by atoms with E-state index in [0.29, 0.717) is 28.4 Å². The maximum atomic E-state index is 12.1. The number of nitrogens with zero attached hydrogens (tertiary/aromatic N) is 6. The van der Waals surface area contributed by atoms with Gasteiger partial charge in [0.1, 0.15) is 11.0 Å². The molecular weight excluding hydrogens is 454 g/mol. The average molecular weight is 476 g/mol. The molecular formula is C26H21N9O. The van der Waals surface area contributed by atoms with Crippen molar-refractivity contribution in [2.75, 3.05) is 5.32 Å². The van der Waals surface area contributed by atoms with E-state index in [0.717, 1.165) is 33.4 Å². The Hall–Kier alpha value is -4.99. The van der Waals surface area contributed by atoms with E-state index >= 15 is 0 Å². The number of pyridine rings is 4. The summed E-state index contributed by atoms with van der Waals surface area (Å²) in [7, 11) is 0. The molecule has 0 unspecified atom stereocenters. The average Bonchev–Trinajstić information content (AvgIpc) is 3.53. The third kappa shape index (κ3) is 3.84. The van der Waals surface area contributed by atoms with E-state index in [9.17, 15) is 4.79 Å². The van der Waals surface area contributed by atoms with Crippen LogP contribution in [0.15, 0.2) is 67.4 Å². The largest absolute Gasteiger partial charge is 0.336 e. The lowest BCUT2D eigenvalue weighted by atomic mass is 10.1. The zero-order valence-electron chi connectivity index (χ0n) is 19.5. The highest BCUT2D eigenvalue weighted by molar-refractivity contribution is 5.95. The van der Waals surface area contributed by atoms with Gasteiger partial charge >= 0.3 is 0 Å². The minimum atomic E-state index is -0.130. The number of carbonyl (C=O) groups is 1. The van der Waals surface area contributed by atoms with E-state index < -0.39 is 0 Å². The summed E-state index contributed by atoms with van der Waals surface area (Å²) in [4.78, 5) is 38.0. The quantitative estimate of drug-likeness (QED) is 0.331. The molecule has 0 aliphatic rings. The van der Waals surface area contributed by atoms with Gasteiger partial charge in [0.15, 0.2) is 11.5 Å². The minimum absolute atomic E-state index is 0.0695. The van der Waals surface area contributed by atoms with Gasteiger partial charge in [0, 0.05) is 41.8 Å². The first kappa shape index (κ1) is 21.5. The Morgan fingerprint density at radius 2 is 1.69 bits per heavy atom. The molecule has 10 heteroatoms. The van der Waals surface area contributed by atoms with Gasteiger partial charge < -0.3 is 10.3 Å². The van der Waals surface area contributed by atoms with Crippen molar-refractivity contribution >= 4 is 33.7 Å². The number of H-pyrrole nitrogens is 2. The van der Waals surface area contributed by atoms with Gasteiger partial charge in [-0.15, -0.1) is 0 Å². The maximum Gasteiger partial charge on any atom is 0.226 e. The van der Waals surface area contributed by atoms with Crippen molar-refractivity contribution in [1.29, 1.82) is 0 Å². The molecule has 0 aliphatic heterocycles. The highest BCUT2D eigenvalue weighted by atomic mass is 16.1. The molecule has 6 rings (SSSR count). The molecule has 36 heavy (non-hydrogen) atoms. The Bertz CT molecular complexity index is 1720. The summed E-state index contributed by atoms with van der Waals surface area (Å²) in [5.41, 5.74) is 7.42.